The number of nitrogens with two attached hydrogens (primary N) is 1. The third kappa shape index (κ3) is 4.08. The highest BCUT2D eigenvalue weighted by Gasteiger charge is 2.21. The lowest BCUT2D eigenvalue weighted by Gasteiger charge is -2.13. The molecule has 9 heteroatoms. The molecule has 1 aromatic carbocycles. The van der Waals surface area contributed by atoms with Crippen LogP contribution in [0.5, 0.6) is 5.75 Å². The zero-order chi connectivity index (χ0) is 19.4. The van der Waals surface area contributed by atoms with Crippen molar-refractivity contribution in [3.05, 3.63) is 47.9 Å². The van der Waals surface area contributed by atoms with E-state index in [0.29, 0.717) is 23.3 Å². The van der Waals surface area contributed by atoms with E-state index < -0.39 is 5.25 Å². The molecule has 0 aliphatic heterocycles. The van der Waals surface area contributed by atoms with Crippen LogP contribution in [0.1, 0.15) is 18.2 Å². The van der Waals surface area contributed by atoms with Gasteiger partial charge in [0.15, 0.2) is 5.82 Å². The van der Waals surface area contributed by atoms with Crippen molar-refractivity contribution < 1.29 is 13.9 Å². The molecule has 0 fully saturated rings. The number of para-hydroxylation sites is 1. The van der Waals surface area contributed by atoms with Crippen molar-refractivity contribution in [1.82, 2.24) is 20.2 Å². The van der Waals surface area contributed by atoms with E-state index in [4.69, 9.17) is 15.0 Å². The summed E-state index contributed by atoms with van der Waals surface area (Å²) in [6, 6.07) is 9.33. The molecule has 0 spiro atoms. The number of nitrogens with zero attached hydrogens (tertiary/aromatic N) is 3. The van der Waals surface area contributed by atoms with Gasteiger partial charge in [-0.3, -0.25) is 4.79 Å². The fourth-order valence-corrected chi connectivity index (χ4v) is 3.34. The molecule has 1 atom stereocenters. The minimum atomic E-state index is -0.399. The molecule has 2 aromatic heterocycles. The SMILES string of the molecule is COc1ccccc1CNC(=O)[C@@H](C)Sc1nnc(-c2ccoc2C)n1N. The number of furan rings is 1. The first-order valence-electron chi connectivity index (χ1n) is 8.32. The standard InChI is InChI=1S/C18H21N5O3S/c1-11-14(8-9-26-11)16-21-22-18(23(16)19)27-12(2)17(24)20-10-13-6-4-5-7-15(13)25-3/h4-9,12H,10,19H2,1-3H3,(H,20,24)/t12-/m1/s1. The second-order valence-corrected chi connectivity index (χ2v) is 7.16. The van der Waals surface area contributed by atoms with Crippen LogP contribution >= 0.6 is 11.8 Å². The van der Waals surface area contributed by atoms with Gasteiger partial charge in [-0.25, -0.2) is 4.68 Å². The Balaban J connectivity index is 1.63. The number of benzene rings is 1. The number of amides is 1. The summed E-state index contributed by atoms with van der Waals surface area (Å²) >= 11 is 1.24. The van der Waals surface area contributed by atoms with Crippen LogP contribution in [-0.2, 0) is 11.3 Å². The largest absolute Gasteiger partial charge is 0.496 e. The van der Waals surface area contributed by atoms with Gasteiger partial charge in [0.2, 0.25) is 11.1 Å². The lowest BCUT2D eigenvalue weighted by molar-refractivity contribution is -0.120. The molecular formula is C18H21N5O3S. The molecule has 0 radical (unpaired) electrons. The highest BCUT2D eigenvalue weighted by molar-refractivity contribution is 8.00. The number of hydrogen-bond acceptors (Lipinski definition) is 7. The molecule has 0 aliphatic carbocycles. The maximum atomic E-state index is 12.4. The number of hydrogen-bond donors (Lipinski definition) is 2. The van der Waals surface area contributed by atoms with Crippen molar-refractivity contribution in [1.29, 1.82) is 0 Å². The van der Waals surface area contributed by atoms with Gasteiger partial charge >= 0.3 is 0 Å². The maximum Gasteiger partial charge on any atom is 0.233 e. The highest BCUT2D eigenvalue weighted by atomic mass is 32.2. The normalized spacial score (nSPS) is 12.0. The highest BCUT2D eigenvalue weighted by Crippen LogP contribution is 2.27. The van der Waals surface area contributed by atoms with Crippen molar-refractivity contribution in [2.45, 2.75) is 30.8 Å². The predicted molar refractivity (Wildman–Crippen MR) is 103 cm³/mol. The number of nitrogens with one attached hydrogen (secondary N) is 1. The lowest BCUT2D eigenvalue weighted by atomic mass is 10.2. The van der Waals surface area contributed by atoms with Crippen LogP contribution in [0.3, 0.4) is 0 Å². The molecular weight excluding hydrogens is 366 g/mol. The van der Waals surface area contributed by atoms with Gasteiger partial charge in [0.1, 0.15) is 11.5 Å². The van der Waals surface area contributed by atoms with Crippen LogP contribution < -0.4 is 15.9 Å². The Morgan fingerprint density at radius 3 is 2.85 bits per heavy atom. The molecule has 0 bridgehead atoms. The molecule has 0 aliphatic rings. The second-order valence-electron chi connectivity index (χ2n) is 5.86. The number of nitrogen functional groups attached to an aromatic ring is 1. The van der Waals surface area contributed by atoms with E-state index in [9.17, 15) is 4.79 Å². The summed E-state index contributed by atoms with van der Waals surface area (Å²) in [6.07, 6.45) is 1.57. The number of carbonyl (C=O) groups is 1. The Morgan fingerprint density at radius 1 is 1.37 bits per heavy atom. The number of methoxy groups -OCH3 is 1. The van der Waals surface area contributed by atoms with Crippen molar-refractivity contribution >= 4 is 17.7 Å². The molecule has 1 amide bonds. The number of ether oxygens (including phenoxy) is 1. The fourth-order valence-electron chi connectivity index (χ4n) is 2.54. The summed E-state index contributed by atoms with van der Waals surface area (Å²) in [7, 11) is 1.60. The molecule has 3 rings (SSSR count). The summed E-state index contributed by atoms with van der Waals surface area (Å²) in [6.45, 7) is 3.99. The molecule has 0 saturated carbocycles. The van der Waals surface area contributed by atoms with Crippen LogP contribution in [0.4, 0.5) is 0 Å². The molecule has 0 unspecified atom stereocenters. The molecule has 8 nitrogen and oxygen atoms in total. The Labute approximate surface area is 161 Å². The first kappa shape index (κ1) is 18.8. The monoisotopic (exact) mass is 387 g/mol. The Bertz CT molecular complexity index is 937. The summed E-state index contributed by atoms with van der Waals surface area (Å²) in [5, 5.41) is 11.2. The summed E-state index contributed by atoms with van der Waals surface area (Å²) < 4.78 is 11.9. The number of aromatic nitrogens is 3. The average molecular weight is 387 g/mol. The van der Waals surface area contributed by atoms with Crippen LogP contribution in [0.2, 0.25) is 0 Å². The summed E-state index contributed by atoms with van der Waals surface area (Å²) in [4.78, 5) is 12.4. The van der Waals surface area contributed by atoms with Gasteiger partial charge in [-0.2, -0.15) is 0 Å². The molecule has 142 valence electrons. The second kappa shape index (κ2) is 8.17. The number of rotatable bonds is 7. The predicted octanol–water partition coefficient (Wildman–Crippen LogP) is 2.37. The minimum Gasteiger partial charge on any atom is -0.496 e. The number of carbonyl (C=O) groups excluding carboxylic acids is 1. The summed E-state index contributed by atoms with van der Waals surface area (Å²) in [5.41, 5.74) is 1.68. The zero-order valence-electron chi connectivity index (χ0n) is 15.3. The minimum absolute atomic E-state index is 0.130. The Hall–Kier alpha value is -2.94. The van der Waals surface area contributed by atoms with Gasteiger partial charge in [-0.15, -0.1) is 10.2 Å². The average Bonchev–Trinajstić information content (AvgIpc) is 3.25. The van der Waals surface area contributed by atoms with Crippen molar-refractivity contribution in [2.75, 3.05) is 13.0 Å². The number of aryl methyl sites for hydroxylation is 1. The molecule has 27 heavy (non-hydrogen) atoms. The molecule has 3 N–H and O–H groups in total. The van der Waals surface area contributed by atoms with Crippen molar-refractivity contribution in [3.63, 3.8) is 0 Å². The van der Waals surface area contributed by atoms with E-state index in [2.05, 4.69) is 15.5 Å². The Kier molecular flexibility index (Phi) is 5.70. The molecule has 3 aromatic rings. The molecule has 0 saturated heterocycles. The lowest BCUT2D eigenvalue weighted by Crippen LogP contribution is -2.31. The van der Waals surface area contributed by atoms with Gasteiger partial charge in [-0.1, -0.05) is 30.0 Å². The van der Waals surface area contributed by atoms with Crippen molar-refractivity contribution in [3.8, 4) is 17.1 Å². The van der Waals surface area contributed by atoms with Gasteiger partial charge in [0, 0.05) is 12.1 Å². The van der Waals surface area contributed by atoms with E-state index in [0.717, 1.165) is 16.9 Å². The first-order valence-corrected chi connectivity index (χ1v) is 9.20. The third-order valence-corrected chi connectivity index (χ3v) is 5.12. The van der Waals surface area contributed by atoms with E-state index in [-0.39, 0.29) is 5.91 Å². The third-order valence-electron chi connectivity index (χ3n) is 4.06. The van der Waals surface area contributed by atoms with Crippen molar-refractivity contribution in [2.24, 2.45) is 0 Å². The fraction of sp³-hybridized carbons (Fsp3) is 0.278. The topological polar surface area (TPSA) is 108 Å². The quantitative estimate of drug-likeness (QED) is 0.473. The first-order chi connectivity index (χ1) is 13.0. The van der Waals surface area contributed by atoms with Gasteiger partial charge in [0.05, 0.1) is 24.2 Å². The van der Waals surface area contributed by atoms with Gasteiger partial charge in [0.25, 0.3) is 0 Å². The van der Waals surface area contributed by atoms with Crippen LogP contribution in [0, 0.1) is 6.92 Å². The van der Waals surface area contributed by atoms with E-state index in [1.54, 1.807) is 26.4 Å². The Morgan fingerprint density at radius 2 is 2.15 bits per heavy atom. The van der Waals surface area contributed by atoms with E-state index >= 15 is 0 Å². The van der Waals surface area contributed by atoms with Gasteiger partial charge < -0.3 is 20.3 Å². The number of thioether (sulfide) groups is 1. The smallest absolute Gasteiger partial charge is 0.233 e. The maximum absolute atomic E-state index is 12.4. The molecule has 2 heterocycles. The van der Waals surface area contributed by atoms with Gasteiger partial charge in [-0.05, 0) is 26.0 Å². The van der Waals surface area contributed by atoms with Crippen LogP contribution in [0.15, 0.2) is 46.2 Å². The van der Waals surface area contributed by atoms with E-state index in [1.165, 1.54) is 16.4 Å². The van der Waals surface area contributed by atoms with Crippen LogP contribution in [-0.4, -0.2) is 33.1 Å². The summed E-state index contributed by atoms with van der Waals surface area (Å²) in [5.74, 6) is 7.90. The van der Waals surface area contributed by atoms with E-state index in [1.807, 2.05) is 31.2 Å². The zero-order valence-corrected chi connectivity index (χ0v) is 16.1. The van der Waals surface area contributed by atoms with Crippen LogP contribution in [0.25, 0.3) is 11.4 Å².